The molecule has 0 radical (unpaired) electrons. The number of methoxy groups -OCH3 is 1. The van der Waals surface area contributed by atoms with Gasteiger partial charge in [-0.3, -0.25) is 4.79 Å². The van der Waals surface area contributed by atoms with Crippen LogP contribution in [0.4, 0.5) is 0 Å². The van der Waals surface area contributed by atoms with E-state index >= 15 is 0 Å². The Labute approximate surface area is 180 Å². The molecular weight excluding hydrogens is 376 g/mol. The molecule has 0 N–H and O–H groups in total. The predicted molar refractivity (Wildman–Crippen MR) is 122 cm³/mol. The van der Waals surface area contributed by atoms with E-state index in [1.54, 1.807) is 6.08 Å². The van der Waals surface area contributed by atoms with Crippen molar-refractivity contribution in [2.24, 2.45) is 5.41 Å². The molecule has 1 atom stereocenters. The van der Waals surface area contributed by atoms with Crippen LogP contribution in [0.3, 0.4) is 0 Å². The van der Waals surface area contributed by atoms with E-state index in [1.807, 2.05) is 75.4 Å². The second-order valence-corrected chi connectivity index (χ2v) is 7.77. The quantitative estimate of drug-likeness (QED) is 0.300. The van der Waals surface area contributed by atoms with Gasteiger partial charge >= 0.3 is 11.9 Å². The van der Waals surface area contributed by atoms with Crippen molar-refractivity contribution >= 4 is 18.0 Å². The average Bonchev–Trinajstić information content (AvgIpc) is 2.78. The summed E-state index contributed by atoms with van der Waals surface area (Å²) in [6, 6.07) is 17.4. The summed E-state index contributed by atoms with van der Waals surface area (Å²) in [7, 11) is 1.42. The minimum Gasteiger partial charge on any atom is -0.469 e. The molecule has 0 aromatic heterocycles. The lowest BCUT2D eigenvalue weighted by Crippen LogP contribution is -2.24. The number of carbonyl (C=O) groups is 2. The van der Waals surface area contributed by atoms with Crippen molar-refractivity contribution in [3.05, 3.63) is 71.8 Å². The maximum Gasteiger partial charge on any atom is 0.336 e. The van der Waals surface area contributed by atoms with Crippen molar-refractivity contribution in [2.75, 3.05) is 7.11 Å². The summed E-state index contributed by atoms with van der Waals surface area (Å²) < 4.78 is 9.85. The Bertz CT molecular complexity index is 805. The van der Waals surface area contributed by atoms with Gasteiger partial charge in [-0.25, -0.2) is 4.79 Å². The van der Waals surface area contributed by atoms with Crippen LogP contribution in [0.25, 0.3) is 6.08 Å². The van der Waals surface area contributed by atoms with Gasteiger partial charge in [0.05, 0.1) is 12.5 Å². The fourth-order valence-electron chi connectivity index (χ4n) is 2.40. The highest BCUT2D eigenvalue weighted by Gasteiger charge is 2.25. The Kier molecular flexibility index (Phi) is 10.6. The first-order chi connectivity index (χ1) is 14.2. The lowest BCUT2D eigenvalue weighted by molar-refractivity contribution is -0.150. The number of hydrogen-bond acceptors (Lipinski definition) is 4. The van der Waals surface area contributed by atoms with E-state index in [0.29, 0.717) is 11.7 Å². The molecule has 2 rings (SSSR count). The van der Waals surface area contributed by atoms with Crippen molar-refractivity contribution in [3.8, 4) is 5.75 Å². The third kappa shape index (κ3) is 8.64. The number of carbonyl (C=O) groups excluding carboxylic acids is 2. The van der Waals surface area contributed by atoms with Gasteiger partial charge in [-0.15, -0.1) is 0 Å². The second kappa shape index (κ2) is 12.6. The summed E-state index contributed by atoms with van der Waals surface area (Å²) in [5.74, 6) is 0.595. The van der Waals surface area contributed by atoms with Gasteiger partial charge in [0, 0.05) is 6.08 Å². The lowest BCUT2D eigenvalue weighted by atomic mass is 9.91. The van der Waals surface area contributed by atoms with E-state index in [1.165, 1.54) is 18.7 Å². The van der Waals surface area contributed by atoms with Gasteiger partial charge < -0.3 is 9.47 Å². The fourth-order valence-corrected chi connectivity index (χ4v) is 2.40. The van der Waals surface area contributed by atoms with Crippen LogP contribution in [0.15, 0.2) is 60.7 Å². The monoisotopic (exact) mass is 410 g/mol. The van der Waals surface area contributed by atoms with E-state index in [-0.39, 0.29) is 17.4 Å². The van der Waals surface area contributed by atoms with Gasteiger partial charge in [0.15, 0.2) is 0 Å². The Morgan fingerprint density at radius 3 is 2.07 bits per heavy atom. The van der Waals surface area contributed by atoms with Crippen molar-refractivity contribution < 1.29 is 19.1 Å². The fraction of sp³-hybridized carbons (Fsp3) is 0.385. The van der Waals surface area contributed by atoms with Crippen LogP contribution in [0.5, 0.6) is 5.75 Å². The van der Waals surface area contributed by atoms with Gasteiger partial charge in [0.1, 0.15) is 5.75 Å². The SMILES string of the molecule is CCC(C)(C)C(=O)OC.CCC(C)c1ccc(OC(=O)/C=C/c2ccccc2)cc1. The van der Waals surface area contributed by atoms with Crippen LogP contribution in [0.2, 0.25) is 0 Å². The first-order valence-electron chi connectivity index (χ1n) is 10.4. The predicted octanol–water partition coefficient (Wildman–Crippen LogP) is 6.41. The van der Waals surface area contributed by atoms with E-state index in [0.717, 1.165) is 18.4 Å². The first-order valence-corrected chi connectivity index (χ1v) is 10.4. The van der Waals surface area contributed by atoms with Crippen LogP contribution in [-0.2, 0) is 14.3 Å². The lowest BCUT2D eigenvalue weighted by Gasteiger charge is -2.17. The minimum atomic E-state index is -0.366. The molecule has 0 heterocycles. The molecule has 162 valence electrons. The average molecular weight is 411 g/mol. The molecule has 2 aromatic rings. The maximum absolute atomic E-state index is 11.8. The molecule has 1 unspecified atom stereocenters. The molecule has 4 heteroatoms. The number of rotatable bonds is 7. The molecule has 0 fully saturated rings. The summed E-state index contributed by atoms with van der Waals surface area (Å²) in [6.07, 6.45) is 5.10. The molecule has 0 saturated heterocycles. The van der Waals surface area contributed by atoms with Crippen LogP contribution in [0, 0.1) is 5.41 Å². The third-order valence-electron chi connectivity index (χ3n) is 5.11. The molecule has 4 nitrogen and oxygen atoms in total. The van der Waals surface area contributed by atoms with Gasteiger partial charge in [-0.2, -0.15) is 0 Å². The van der Waals surface area contributed by atoms with Gasteiger partial charge in [-0.05, 0) is 61.9 Å². The van der Waals surface area contributed by atoms with Crippen LogP contribution < -0.4 is 4.74 Å². The third-order valence-corrected chi connectivity index (χ3v) is 5.11. The largest absolute Gasteiger partial charge is 0.469 e. The highest BCUT2D eigenvalue weighted by Crippen LogP contribution is 2.22. The van der Waals surface area contributed by atoms with E-state index in [9.17, 15) is 9.59 Å². The molecule has 0 amide bonds. The summed E-state index contributed by atoms with van der Waals surface area (Å²) >= 11 is 0. The Balaban J connectivity index is 0.000000424. The molecule has 0 spiro atoms. The zero-order chi connectivity index (χ0) is 22.6. The summed E-state index contributed by atoms with van der Waals surface area (Å²) in [4.78, 5) is 22.6. The molecule has 0 aliphatic rings. The molecular formula is C26H34O4. The first kappa shape index (κ1) is 25.2. The summed E-state index contributed by atoms with van der Waals surface area (Å²) in [6.45, 7) is 10.1. The van der Waals surface area contributed by atoms with E-state index in [4.69, 9.17) is 4.74 Å². The minimum absolute atomic E-state index is 0.134. The summed E-state index contributed by atoms with van der Waals surface area (Å²) in [5, 5.41) is 0. The second-order valence-electron chi connectivity index (χ2n) is 7.77. The Hall–Kier alpha value is -2.88. The highest BCUT2D eigenvalue weighted by molar-refractivity contribution is 5.88. The van der Waals surface area contributed by atoms with Crippen molar-refractivity contribution in [1.82, 2.24) is 0 Å². The van der Waals surface area contributed by atoms with E-state index < -0.39 is 0 Å². The van der Waals surface area contributed by atoms with Crippen molar-refractivity contribution in [2.45, 2.75) is 53.4 Å². The molecule has 0 aliphatic carbocycles. The Morgan fingerprint density at radius 1 is 1.00 bits per heavy atom. The number of esters is 2. The smallest absolute Gasteiger partial charge is 0.336 e. The Morgan fingerprint density at radius 2 is 1.60 bits per heavy atom. The number of ether oxygens (including phenoxy) is 2. The van der Waals surface area contributed by atoms with Crippen molar-refractivity contribution in [1.29, 1.82) is 0 Å². The standard InChI is InChI=1S/C19H20O2.C7H14O2/c1-3-15(2)17-10-12-18(13-11-17)21-19(20)14-9-16-7-5-4-6-8-16;1-5-7(2,3)6(8)9-4/h4-15H,3H2,1-2H3;5H2,1-4H3/b14-9+;. The molecule has 2 aromatic carbocycles. The van der Waals surface area contributed by atoms with Crippen LogP contribution in [-0.4, -0.2) is 19.0 Å². The molecule has 0 bridgehead atoms. The highest BCUT2D eigenvalue weighted by atomic mass is 16.5. The van der Waals surface area contributed by atoms with Crippen LogP contribution in [0.1, 0.15) is 64.5 Å². The van der Waals surface area contributed by atoms with Gasteiger partial charge in [0.2, 0.25) is 0 Å². The number of hydrogen-bond donors (Lipinski definition) is 0. The normalized spacial score (nSPS) is 11.9. The zero-order valence-corrected chi connectivity index (χ0v) is 19.0. The molecule has 30 heavy (non-hydrogen) atoms. The maximum atomic E-state index is 11.8. The van der Waals surface area contributed by atoms with Crippen molar-refractivity contribution in [3.63, 3.8) is 0 Å². The van der Waals surface area contributed by atoms with Gasteiger partial charge in [0.25, 0.3) is 0 Å². The van der Waals surface area contributed by atoms with Gasteiger partial charge in [-0.1, -0.05) is 63.2 Å². The topological polar surface area (TPSA) is 52.6 Å². The van der Waals surface area contributed by atoms with E-state index in [2.05, 4.69) is 18.6 Å². The zero-order valence-electron chi connectivity index (χ0n) is 19.0. The van der Waals surface area contributed by atoms with Crippen LogP contribution >= 0.6 is 0 Å². The number of benzene rings is 2. The molecule has 0 aliphatic heterocycles. The summed E-state index contributed by atoms with van der Waals surface area (Å²) in [5.41, 5.74) is 1.92. The molecule has 0 saturated carbocycles.